The van der Waals surface area contributed by atoms with E-state index in [1.54, 1.807) is 0 Å². The number of nitrogens with one attached hydrogen (secondary N) is 1. The zero-order valence-corrected chi connectivity index (χ0v) is 13.5. The molecule has 1 heterocycles. The van der Waals surface area contributed by atoms with Crippen LogP contribution in [0.1, 0.15) is 35.4 Å². The van der Waals surface area contributed by atoms with Gasteiger partial charge in [-0.1, -0.05) is 23.7 Å². The minimum absolute atomic E-state index is 0.248. The van der Waals surface area contributed by atoms with E-state index in [0.29, 0.717) is 15.6 Å². The molecule has 0 unspecified atom stereocenters. The first kappa shape index (κ1) is 15.1. The Kier molecular flexibility index (Phi) is 4.45. The van der Waals surface area contributed by atoms with Crippen molar-refractivity contribution in [1.82, 2.24) is 5.43 Å². The van der Waals surface area contributed by atoms with Crippen LogP contribution in [0.2, 0.25) is 5.02 Å². The van der Waals surface area contributed by atoms with Gasteiger partial charge < -0.3 is 5.73 Å². The van der Waals surface area contributed by atoms with E-state index < -0.39 is 0 Å². The topological polar surface area (TPSA) is 67.5 Å². The van der Waals surface area contributed by atoms with E-state index >= 15 is 0 Å². The SMILES string of the molecule is Nc1cc(-c2ccc(Cl)cc2)sc1C(=O)NN=C1CCCC1. The summed E-state index contributed by atoms with van der Waals surface area (Å²) in [5.41, 5.74) is 11.1. The van der Waals surface area contributed by atoms with Gasteiger partial charge >= 0.3 is 0 Å². The number of anilines is 1. The second-order valence-electron chi connectivity index (χ2n) is 5.23. The van der Waals surface area contributed by atoms with Gasteiger partial charge in [0, 0.05) is 15.6 Å². The monoisotopic (exact) mass is 333 g/mol. The maximum Gasteiger partial charge on any atom is 0.283 e. The lowest BCUT2D eigenvalue weighted by molar-refractivity contribution is 0.0959. The molecule has 6 heteroatoms. The van der Waals surface area contributed by atoms with Crippen LogP contribution in [-0.2, 0) is 0 Å². The van der Waals surface area contributed by atoms with Crippen LogP contribution in [0.5, 0.6) is 0 Å². The molecule has 0 atom stereocenters. The highest BCUT2D eigenvalue weighted by atomic mass is 35.5. The van der Waals surface area contributed by atoms with Crippen LogP contribution in [0.3, 0.4) is 0 Å². The maximum absolute atomic E-state index is 12.2. The van der Waals surface area contributed by atoms with Gasteiger partial charge in [0.05, 0.1) is 5.69 Å². The minimum atomic E-state index is -0.248. The molecule has 0 aliphatic heterocycles. The quantitative estimate of drug-likeness (QED) is 0.822. The van der Waals surface area contributed by atoms with Crippen molar-refractivity contribution in [3.05, 3.63) is 40.2 Å². The van der Waals surface area contributed by atoms with Crippen molar-refractivity contribution >= 4 is 40.2 Å². The highest BCUT2D eigenvalue weighted by Gasteiger charge is 2.16. The minimum Gasteiger partial charge on any atom is -0.397 e. The molecule has 1 saturated carbocycles. The van der Waals surface area contributed by atoms with Crippen LogP contribution < -0.4 is 11.2 Å². The number of carbonyl (C=O) groups excluding carboxylic acids is 1. The highest BCUT2D eigenvalue weighted by Crippen LogP contribution is 2.33. The molecule has 0 bridgehead atoms. The normalized spacial score (nSPS) is 14.1. The van der Waals surface area contributed by atoms with Gasteiger partial charge in [-0.15, -0.1) is 11.3 Å². The number of hydrazone groups is 1. The van der Waals surface area contributed by atoms with Gasteiger partial charge in [-0.2, -0.15) is 5.10 Å². The lowest BCUT2D eigenvalue weighted by Gasteiger charge is -2.00. The summed E-state index contributed by atoms with van der Waals surface area (Å²) in [5, 5.41) is 4.86. The number of hydrogen-bond acceptors (Lipinski definition) is 4. The summed E-state index contributed by atoms with van der Waals surface area (Å²) in [6.07, 6.45) is 4.24. The van der Waals surface area contributed by atoms with E-state index in [1.165, 1.54) is 11.3 Å². The number of carbonyl (C=O) groups is 1. The highest BCUT2D eigenvalue weighted by molar-refractivity contribution is 7.18. The number of halogens is 1. The van der Waals surface area contributed by atoms with E-state index in [2.05, 4.69) is 10.5 Å². The van der Waals surface area contributed by atoms with Crippen molar-refractivity contribution in [2.45, 2.75) is 25.7 Å². The third-order valence-electron chi connectivity index (χ3n) is 3.59. The van der Waals surface area contributed by atoms with E-state index in [1.807, 2.05) is 30.3 Å². The molecule has 1 aliphatic carbocycles. The first-order chi connectivity index (χ1) is 10.6. The maximum atomic E-state index is 12.2. The zero-order chi connectivity index (χ0) is 15.5. The van der Waals surface area contributed by atoms with Crippen molar-refractivity contribution in [3.8, 4) is 10.4 Å². The number of nitrogens with two attached hydrogens (primary N) is 1. The average Bonchev–Trinajstić information content (AvgIpc) is 3.15. The average molecular weight is 334 g/mol. The van der Waals surface area contributed by atoms with Crippen molar-refractivity contribution in [2.75, 3.05) is 5.73 Å². The van der Waals surface area contributed by atoms with Crippen LogP contribution >= 0.6 is 22.9 Å². The third-order valence-corrected chi connectivity index (χ3v) is 5.04. The lowest BCUT2D eigenvalue weighted by Crippen LogP contribution is -2.18. The fourth-order valence-corrected chi connectivity index (χ4v) is 3.52. The Hall–Kier alpha value is -1.85. The summed E-state index contributed by atoms with van der Waals surface area (Å²) in [6, 6.07) is 9.27. The summed E-state index contributed by atoms with van der Waals surface area (Å²) in [7, 11) is 0. The summed E-state index contributed by atoms with van der Waals surface area (Å²) in [4.78, 5) is 13.6. The van der Waals surface area contributed by atoms with E-state index in [4.69, 9.17) is 17.3 Å². The lowest BCUT2D eigenvalue weighted by atomic mass is 10.2. The molecule has 0 spiro atoms. The Morgan fingerprint density at radius 3 is 2.59 bits per heavy atom. The first-order valence-electron chi connectivity index (χ1n) is 7.14. The molecule has 22 heavy (non-hydrogen) atoms. The summed E-state index contributed by atoms with van der Waals surface area (Å²) >= 11 is 7.25. The molecule has 2 aromatic rings. The number of nitrogens with zero attached hydrogens (tertiary/aromatic N) is 1. The van der Waals surface area contributed by atoms with Crippen molar-refractivity contribution in [1.29, 1.82) is 0 Å². The second kappa shape index (κ2) is 6.50. The molecule has 4 nitrogen and oxygen atoms in total. The molecule has 0 saturated heterocycles. The third kappa shape index (κ3) is 3.31. The number of rotatable bonds is 3. The van der Waals surface area contributed by atoms with Gasteiger partial charge in [-0.3, -0.25) is 4.79 Å². The van der Waals surface area contributed by atoms with E-state index in [9.17, 15) is 4.79 Å². The molecule has 3 rings (SSSR count). The Bertz CT molecular complexity index is 713. The van der Waals surface area contributed by atoms with Gasteiger partial charge in [0.25, 0.3) is 5.91 Å². The molecular formula is C16H16ClN3OS. The smallest absolute Gasteiger partial charge is 0.283 e. The van der Waals surface area contributed by atoms with Crippen LogP contribution in [0.15, 0.2) is 35.4 Å². The molecule has 1 aromatic carbocycles. The van der Waals surface area contributed by atoms with E-state index in [0.717, 1.165) is 41.8 Å². The fourth-order valence-electron chi connectivity index (χ4n) is 2.41. The molecular weight excluding hydrogens is 318 g/mol. The van der Waals surface area contributed by atoms with Crippen LogP contribution in [0, 0.1) is 0 Å². The number of thiophene rings is 1. The van der Waals surface area contributed by atoms with Crippen molar-refractivity contribution < 1.29 is 4.79 Å². The molecule has 3 N–H and O–H groups in total. The predicted octanol–water partition coefficient (Wildman–Crippen LogP) is 4.31. The first-order valence-corrected chi connectivity index (χ1v) is 8.34. The molecule has 1 fully saturated rings. The second-order valence-corrected chi connectivity index (χ2v) is 6.72. The van der Waals surface area contributed by atoms with Crippen LogP contribution in [0.25, 0.3) is 10.4 Å². The number of nitrogen functional groups attached to an aromatic ring is 1. The Morgan fingerprint density at radius 2 is 1.91 bits per heavy atom. The molecule has 1 amide bonds. The van der Waals surface area contributed by atoms with Gasteiger partial charge in [-0.05, 0) is 49.4 Å². The molecule has 1 aromatic heterocycles. The van der Waals surface area contributed by atoms with E-state index in [-0.39, 0.29) is 5.91 Å². The largest absolute Gasteiger partial charge is 0.397 e. The Balaban J connectivity index is 1.78. The predicted molar refractivity (Wildman–Crippen MR) is 92.5 cm³/mol. The van der Waals surface area contributed by atoms with Crippen molar-refractivity contribution in [3.63, 3.8) is 0 Å². The Labute approximate surface area is 138 Å². The standard InChI is InChI=1S/C16H16ClN3OS/c17-11-7-5-10(6-8-11)14-9-13(18)15(22-14)16(21)20-19-12-3-1-2-4-12/h5-9H,1-4,18H2,(H,20,21). The zero-order valence-electron chi connectivity index (χ0n) is 11.9. The number of hydrogen-bond donors (Lipinski definition) is 2. The van der Waals surface area contributed by atoms with Crippen LogP contribution in [0.4, 0.5) is 5.69 Å². The molecule has 0 radical (unpaired) electrons. The number of amides is 1. The fraction of sp³-hybridized carbons (Fsp3) is 0.250. The summed E-state index contributed by atoms with van der Waals surface area (Å²) < 4.78 is 0. The van der Waals surface area contributed by atoms with Gasteiger partial charge in [0.15, 0.2) is 0 Å². The van der Waals surface area contributed by atoms with Gasteiger partial charge in [-0.25, -0.2) is 5.43 Å². The van der Waals surface area contributed by atoms with Gasteiger partial charge in [0.1, 0.15) is 4.88 Å². The Morgan fingerprint density at radius 1 is 1.23 bits per heavy atom. The van der Waals surface area contributed by atoms with Crippen molar-refractivity contribution in [2.24, 2.45) is 5.10 Å². The molecule has 1 aliphatic rings. The molecule has 114 valence electrons. The number of benzene rings is 1. The summed E-state index contributed by atoms with van der Waals surface area (Å²) in [6.45, 7) is 0. The van der Waals surface area contributed by atoms with Gasteiger partial charge in [0.2, 0.25) is 0 Å². The summed E-state index contributed by atoms with van der Waals surface area (Å²) in [5.74, 6) is -0.248. The van der Waals surface area contributed by atoms with Crippen LogP contribution in [-0.4, -0.2) is 11.6 Å².